The Morgan fingerprint density at radius 1 is 1.26 bits per heavy atom. The van der Waals surface area contributed by atoms with Gasteiger partial charge in [-0.05, 0) is 37.8 Å². The number of benzene rings is 1. The molecule has 2 fully saturated rings. The topological polar surface area (TPSA) is 142 Å². The molecule has 0 radical (unpaired) electrons. The largest absolute Gasteiger partial charge is 0.325 e. The van der Waals surface area contributed by atoms with Crippen LogP contribution >= 0.6 is 0 Å². The smallest absolute Gasteiger partial charge is 0.323 e. The van der Waals surface area contributed by atoms with Gasteiger partial charge >= 0.3 is 6.03 Å². The second-order valence-electron chi connectivity index (χ2n) is 7.89. The molecular weight excluding hydrogens is 402 g/mol. The molecule has 4 amide bonds. The Balaban J connectivity index is 1.39. The number of rotatable bonds is 5. The van der Waals surface area contributed by atoms with Gasteiger partial charge in [-0.2, -0.15) is 5.10 Å². The van der Waals surface area contributed by atoms with Crippen LogP contribution < -0.4 is 16.2 Å². The Morgan fingerprint density at radius 2 is 2.03 bits per heavy atom. The third kappa shape index (κ3) is 3.05. The van der Waals surface area contributed by atoms with Gasteiger partial charge in [0.05, 0.1) is 23.9 Å². The van der Waals surface area contributed by atoms with Crippen LogP contribution in [0.5, 0.6) is 0 Å². The summed E-state index contributed by atoms with van der Waals surface area (Å²) in [5.41, 5.74) is -0.0440. The zero-order valence-electron chi connectivity index (χ0n) is 16.6. The van der Waals surface area contributed by atoms with Crippen molar-refractivity contribution in [3.63, 3.8) is 0 Å². The molecule has 3 aromatic rings. The van der Waals surface area contributed by atoms with Crippen molar-refractivity contribution in [2.75, 3.05) is 11.9 Å². The highest BCUT2D eigenvalue weighted by atomic mass is 16.2. The van der Waals surface area contributed by atoms with E-state index in [9.17, 15) is 19.2 Å². The minimum Gasteiger partial charge on any atom is -0.323 e. The summed E-state index contributed by atoms with van der Waals surface area (Å²) >= 11 is 0. The first-order chi connectivity index (χ1) is 14.9. The summed E-state index contributed by atoms with van der Waals surface area (Å²) in [5.74, 6) is -0.801. The van der Waals surface area contributed by atoms with Crippen molar-refractivity contribution in [3.05, 3.63) is 47.1 Å². The predicted octanol–water partition coefficient (Wildman–Crippen LogP) is 0.768. The van der Waals surface area contributed by atoms with E-state index in [1.807, 2.05) is 0 Å². The lowest BCUT2D eigenvalue weighted by atomic mass is 9.96. The van der Waals surface area contributed by atoms with Gasteiger partial charge in [0, 0.05) is 0 Å². The van der Waals surface area contributed by atoms with Gasteiger partial charge in [-0.15, -0.1) is 0 Å². The average Bonchev–Trinajstić information content (AvgIpc) is 3.48. The highest BCUT2D eigenvalue weighted by molar-refractivity contribution is 6.10. The highest BCUT2D eigenvalue weighted by Gasteiger charge is 2.56. The molecule has 1 saturated carbocycles. The number of imide groups is 1. The molecule has 2 aliphatic rings. The van der Waals surface area contributed by atoms with Crippen LogP contribution in [0.15, 0.2) is 41.6 Å². The second kappa shape index (κ2) is 6.76. The summed E-state index contributed by atoms with van der Waals surface area (Å²) in [4.78, 5) is 57.3. The van der Waals surface area contributed by atoms with Crippen LogP contribution in [0, 0.1) is 5.92 Å². The van der Waals surface area contributed by atoms with Gasteiger partial charge in [0.1, 0.15) is 17.5 Å². The Hall–Kier alpha value is -4.02. The van der Waals surface area contributed by atoms with E-state index in [0.29, 0.717) is 22.4 Å². The summed E-state index contributed by atoms with van der Waals surface area (Å²) in [5, 5.41) is 9.98. The maximum Gasteiger partial charge on any atom is 0.325 e. The Bertz CT molecular complexity index is 1290. The number of fused-ring (bicyclic) bond motifs is 1. The van der Waals surface area contributed by atoms with Crippen molar-refractivity contribution in [2.45, 2.75) is 25.3 Å². The first-order valence-corrected chi connectivity index (χ1v) is 9.83. The number of hydrogen-bond acceptors (Lipinski definition) is 6. The maximum absolute atomic E-state index is 12.7. The van der Waals surface area contributed by atoms with Crippen LogP contribution in [0.2, 0.25) is 0 Å². The summed E-state index contributed by atoms with van der Waals surface area (Å²) < 4.78 is 1.44. The number of hydrogen-bond donors (Lipinski definition) is 3. The van der Waals surface area contributed by atoms with Crippen LogP contribution in [0.25, 0.3) is 16.7 Å². The summed E-state index contributed by atoms with van der Waals surface area (Å²) in [6, 6.07) is 6.29. The monoisotopic (exact) mass is 421 g/mol. The second-order valence-corrected chi connectivity index (χ2v) is 7.89. The molecule has 3 N–H and O–H groups in total. The minimum absolute atomic E-state index is 0.112. The number of urea groups is 1. The number of aromatic nitrogens is 4. The molecule has 1 atom stereocenters. The van der Waals surface area contributed by atoms with Crippen LogP contribution in [0.1, 0.15) is 19.8 Å². The molecule has 158 valence electrons. The minimum atomic E-state index is -0.942. The summed E-state index contributed by atoms with van der Waals surface area (Å²) in [6.45, 7) is 1.30. The number of para-hydroxylation sites is 2. The average molecular weight is 421 g/mol. The molecule has 0 spiro atoms. The van der Waals surface area contributed by atoms with E-state index in [-0.39, 0.29) is 17.4 Å². The van der Waals surface area contributed by atoms with Gasteiger partial charge in [-0.1, -0.05) is 12.1 Å². The number of anilines is 1. The molecule has 3 heterocycles. The van der Waals surface area contributed by atoms with Crippen LogP contribution in [0.3, 0.4) is 0 Å². The lowest BCUT2D eigenvalue weighted by Gasteiger charge is -2.20. The fourth-order valence-corrected chi connectivity index (χ4v) is 3.93. The van der Waals surface area contributed by atoms with E-state index in [1.54, 1.807) is 31.2 Å². The molecule has 1 aliphatic heterocycles. The summed E-state index contributed by atoms with van der Waals surface area (Å²) in [6.07, 6.45) is 4.43. The Labute approximate surface area is 175 Å². The van der Waals surface area contributed by atoms with Crippen molar-refractivity contribution >= 4 is 34.6 Å². The maximum atomic E-state index is 12.7. The van der Waals surface area contributed by atoms with Crippen molar-refractivity contribution in [1.82, 2.24) is 30.0 Å². The van der Waals surface area contributed by atoms with Crippen LogP contribution in [-0.4, -0.2) is 54.6 Å². The van der Waals surface area contributed by atoms with Gasteiger partial charge in [0.15, 0.2) is 5.65 Å². The molecule has 1 saturated heterocycles. The van der Waals surface area contributed by atoms with Gasteiger partial charge in [-0.25, -0.2) is 14.5 Å². The fraction of sp³-hybridized carbons (Fsp3) is 0.300. The van der Waals surface area contributed by atoms with E-state index in [1.165, 1.54) is 17.2 Å². The van der Waals surface area contributed by atoms with Gasteiger partial charge in [-0.3, -0.25) is 19.3 Å². The molecule has 1 unspecified atom stereocenters. The third-order valence-corrected chi connectivity index (χ3v) is 5.77. The number of nitrogens with zero attached hydrogens (tertiary/aromatic N) is 4. The van der Waals surface area contributed by atoms with E-state index in [4.69, 9.17) is 0 Å². The lowest BCUT2D eigenvalue weighted by Crippen LogP contribution is -2.46. The molecule has 11 heteroatoms. The number of H-pyrrole nitrogens is 1. The molecule has 0 bridgehead atoms. The molecule has 31 heavy (non-hydrogen) atoms. The van der Waals surface area contributed by atoms with E-state index in [0.717, 1.165) is 17.7 Å². The number of carbonyl (C=O) groups excluding carboxylic acids is 3. The molecule has 2 aromatic heterocycles. The standard InChI is InChI=1S/C20H19N7O4/c1-20(11-6-7-11)18(30)26(19(31)25-20)9-15(28)24-13-4-2-3-5-14(13)27-16-12(8-23-27)17(29)22-10-21-16/h2-5,8,10-11H,6-7,9H2,1H3,(H,24,28)(H,25,31)(H,21,22,29). The zero-order valence-corrected chi connectivity index (χ0v) is 16.6. The Morgan fingerprint density at radius 3 is 2.81 bits per heavy atom. The van der Waals surface area contributed by atoms with Crippen LogP contribution in [0.4, 0.5) is 10.5 Å². The van der Waals surface area contributed by atoms with Gasteiger partial charge < -0.3 is 15.6 Å². The van der Waals surface area contributed by atoms with Crippen molar-refractivity contribution in [2.24, 2.45) is 5.92 Å². The summed E-state index contributed by atoms with van der Waals surface area (Å²) in [7, 11) is 0. The van der Waals surface area contributed by atoms with Crippen LogP contribution in [-0.2, 0) is 9.59 Å². The molecule has 5 rings (SSSR count). The molecule has 11 nitrogen and oxygen atoms in total. The first kappa shape index (κ1) is 19.0. The lowest BCUT2D eigenvalue weighted by molar-refractivity contribution is -0.134. The predicted molar refractivity (Wildman–Crippen MR) is 109 cm³/mol. The molecule has 1 aromatic carbocycles. The quantitative estimate of drug-likeness (QED) is 0.520. The SMILES string of the molecule is CC1(C2CC2)NC(=O)N(CC(=O)Nc2ccccc2-n2ncc3c(=O)[nH]cnc32)C1=O. The van der Waals surface area contributed by atoms with Crippen molar-refractivity contribution in [3.8, 4) is 5.69 Å². The normalized spacial score (nSPS) is 20.9. The number of aromatic amines is 1. The molecule has 1 aliphatic carbocycles. The zero-order chi connectivity index (χ0) is 21.8. The number of amides is 4. The van der Waals surface area contributed by atoms with Crippen molar-refractivity contribution < 1.29 is 14.4 Å². The van der Waals surface area contributed by atoms with E-state index in [2.05, 4.69) is 25.7 Å². The van der Waals surface area contributed by atoms with E-state index < -0.39 is 24.0 Å². The Kier molecular flexibility index (Phi) is 4.14. The highest BCUT2D eigenvalue weighted by Crippen LogP contribution is 2.42. The van der Waals surface area contributed by atoms with E-state index >= 15 is 0 Å². The van der Waals surface area contributed by atoms with Gasteiger partial charge in [0.2, 0.25) is 5.91 Å². The van der Waals surface area contributed by atoms with Gasteiger partial charge in [0.25, 0.3) is 11.5 Å². The third-order valence-electron chi connectivity index (χ3n) is 5.77. The fourth-order valence-electron chi connectivity index (χ4n) is 3.93. The number of carbonyl (C=O) groups is 3. The first-order valence-electron chi connectivity index (χ1n) is 9.83. The molecular formula is C20H19N7O4. The number of nitrogens with one attached hydrogen (secondary N) is 3. The van der Waals surface area contributed by atoms with Crippen molar-refractivity contribution in [1.29, 1.82) is 0 Å².